The van der Waals surface area contributed by atoms with Crippen LogP contribution in [0.1, 0.15) is 0 Å². The van der Waals surface area contributed by atoms with Gasteiger partial charge in [0.05, 0.1) is 19.7 Å². The number of hydrogen-bond acceptors (Lipinski definition) is 5. The van der Waals surface area contributed by atoms with Crippen LogP contribution in [0.2, 0.25) is 0 Å². The number of carbonyl (C=O) groups is 1. The molecular weight excluding hydrogens is 340 g/mol. The first-order valence-corrected chi connectivity index (χ1v) is 7.84. The van der Waals surface area contributed by atoms with Crippen molar-refractivity contribution in [2.45, 2.75) is 0 Å². The molecule has 0 spiro atoms. The van der Waals surface area contributed by atoms with Gasteiger partial charge in [-0.3, -0.25) is 9.78 Å². The number of fused-ring (bicyclic) bond motifs is 1. The molecule has 7 heteroatoms. The summed E-state index contributed by atoms with van der Waals surface area (Å²) in [5.74, 6) is 2.46. The predicted octanol–water partition coefficient (Wildman–Crippen LogP) is 4.51. The molecule has 0 fully saturated rings. The van der Waals surface area contributed by atoms with Crippen molar-refractivity contribution >= 4 is 34.5 Å². The maximum atomic E-state index is 10.9. The highest BCUT2D eigenvalue weighted by atomic mass is 32.1. The normalized spacial score (nSPS) is 10.4. The third-order valence-electron chi connectivity index (χ3n) is 3.54. The maximum Gasteiger partial charge on any atom is 0.280 e. The Labute approximate surface area is 150 Å². The molecule has 0 aliphatic rings. The number of hydrogen-bond donors (Lipinski definition) is 2. The fourth-order valence-corrected chi connectivity index (χ4v) is 2.52. The molecule has 2 aromatic carbocycles. The molecule has 0 radical (unpaired) electrons. The van der Waals surface area contributed by atoms with E-state index in [9.17, 15) is 4.79 Å². The third kappa shape index (κ3) is 3.77. The summed E-state index contributed by atoms with van der Waals surface area (Å²) >= 11 is 3.68. The average Bonchev–Trinajstić information content (AvgIpc) is 2.62. The minimum absolute atomic E-state index is 0.421. The van der Waals surface area contributed by atoms with Gasteiger partial charge in [-0.15, -0.1) is 0 Å². The van der Waals surface area contributed by atoms with E-state index in [0.29, 0.717) is 28.7 Å². The summed E-state index contributed by atoms with van der Waals surface area (Å²) in [6.07, 6.45) is 1.67. The lowest BCUT2D eigenvalue weighted by Gasteiger charge is -2.12. The van der Waals surface area contributed by atoms with Crippen LogP contribution in [-0.4, -0.2) is 24.4 Å². The van der Waals surface area contributed by atoms with Crippen molar-refractivity contribution < 1.29 is 19.0 Å². The second-order valence-electron chi connectivity index (χ2n) is 5.09. The highest BCUT2D eigenvalue weighted by Crippen LogP contribution is 2.36. The average molecular weight is 356 g/mol. The molecule has 3 rings (SSSR count). The Balaban J connectivity index is 1.94. The van der Waals surface area contributed by atoms with Crippen LogP contribution in [0.3, 0.4) is 0 Å². The predicted molar refractivity (Wildman–Crippen MR) is 99.4 cm³/mol. The van der Waals surface area contributed by atoms with Crippen LogP contribution >= 0.6 is 12.6 Å². The number of ether oxygens (including phenoxy) is 3. The molecule has 0 aliphatic carbocycles. The number of nitrogens with one attached hydrogen (secondary N) is 1. The molecule has 0 unspecified atom stereocenters. The van der Waals surface area contributed by atoms with E-state index in [4.69, 9.17) is 14.2 Å². The summed E-state index contributed by atoms with van der Waals surface area (Å²) in [7, 11) is 3.16. The van der Waals surface area contributed by atoms with Crippen LogP contribution in [0.25, 0.3) is 10.9 Å². The van der Waals surface area contributed by atoms with Crippen LogP contribution < -0.4 is 19.5 Å². The number of pyridine rings is 1. The monoisotopic (exact) mass is 356 g/mol. The first-order chi connectivity index (χ1) is 12.1. The van der Waals surface area contributed by atoms with Gasteiger partial charge in [0.2, 0.25) is 0 Å². The fraction of sp³-hybridized carbons (Fsp3) is 0.111. The van der Waals surface area contributed by atoms with Gasteiger partial charge in [0.25, 0.3) is 5.24 Å². The molecule has 1 N–H and O–H groups in total. The first kappa shape index (κ1) is 16.9. The Morgan fingerprint density at radius 3 is 2.32 bits per heavy atom. The Morgan fingerprint density at radius 1 is 1.00 bits per heavy atom. The number of nitrogens with zero attached hydrogens (tertiary/aromatic N) is 1. The summed E-state index contributed by atoms with van der Waals surface area (Å²) in [5.41, 5.74) is 1.37. The summed E-state index contributed by atoms with van der Waals surface area (Å²) < 4.78 is 16.6. The number of methoxy groups -OCH3 is 2. The highest BCUT2D eigenvalue weighted by molar-refractivity contribution is 7.96. The van der Waals surface area contributed by atoms with Crippen LogP contribution in [0.5, 0.6) is 23.0 Å². The van der Waals surface area contributed by atoms with E-state index in [-0.39, 0.29) is 0 Å². The van der Waals surface area contributed by atoms with Gasteiger partial charge < -0.3 is 19.5 Å². The van der Waals surface area contributed by atoms with Gasteiger partial charge in [-0.1, -0.05) is 12.6 Å². The van der Waals surface area contributed by atoms with Crippen molar-refractivity contribution in [2.75, 3.05) is 19.5 Å². The van der Waals surface area contributed by atoms with Gasteiger partial charge in [0.15, 0.2) is 11.5 Å². The lowest BCUT2D eigenvalue weighted by Crippen LogP contribution is -2.00. The molecule has 3 aromatic rings. The number of aromatic nitrogens is 1. The number of amides is 1. The zero-order chi connectivity index (χ0) is 17.8. The standard InChI is InChI=1S/C18H16N2O4S/c1-22-16-9-13-14(10-17(16)23-2)19-8-7-15(13)24-12-5-3-11(4-6-12)20-18(21)25/h3-10H,1-2H3,(H2,20,21,25). The second-order valence-corrected chi connectivity index (χ2v) is 5.50. The van der Waals surface area contributed by atoms with Gasteiger partial charge >= 0.3 is 0 Å². The maximum absolute atomic E-state index is 10.9. The Kier molecular flexibility index (Phi) is 4.95. The van der Waals surface area contributed by atoms with Gasteiger partial charge in [0, 0.05) is 23.3 Å². The van der Waals surface area contributed by atoms with Crippen molar-refractivity contribution in [3.05, 3.63) is 48.7 Å². The molecule has 25 heavy (non-hydrogen) atoms. The quantitative estimate of drug-likeness (QED) is 0.659. The van der Waals surface area contributed by atoms with Crippen LogP contribution in [-0.2, 0) is 0 Å². The van der Waals surface area contributed by atoms with Crippen molar-refractivity contribution in [3.63, 3.8) is 0 Å². The lowest BCUT2D eigenvalue weighted by molar-refractivity contribution is 0.270. The molecule has 1 amide bonds. The number of thiol groups is 1. The van der Waals surface area contributed by atoms with Gasteiger partial charge in [0.1, 0.15) is 11.5 Å². The zero-order valence-corrected chi connectivity index (χ0v) is 14.5. The topological polar surface area (TPSA) is 69.7 Å². The van der Waals surface area contributed by atoms with Gasteiger partial charge in [-0.05, 0) is 36.4 Å². The van der Waals surface area contributed by atoms with Crippen molar-refractivity contribution in [3.8, 4) is 23.0 Å². The van der Waals surface area contributed by atoms with Gasteiger partial charge in [-0.25, -0.2) is 0 Å². The van der Waals surface area contributed by atoms with Crippen LogP contribution in [0, 0.1) is 0 Å². The minimum Gasteiger partial charge on any atom is -0.493 e. The Hall–Kier alpha value is -2.93. The molecule has 6 nitrogen and oxygen atoms in total. The molecule has 0 bridgehead atoms. The molecule has 0 saturated heterocycles. The summed E-state index contributed by atoms with van der Waals surface area (Å²) in [6.45, 7) is 0. The SMILES string of the molecule is COc1cc2nccc(Oc3ccc(NC(=O)S)cc3)c2cc1OC. The van der Waals surface area contributed by atoms with E-state index in [2.05, 4.69) is 22.9 Å². The third-order valence-corrected chi connectivity index (χ3v) is 3.65. The molecule has 1 aromatic heterocycles. The van der Waals surface area contributed by atoms with Crippen molar-refractivity contribution in [2.24, 2.45) is 0 Å². The van der Waals surface area contributed by atoms with Gasteiger partial charge in [-0.2, -0.15) is 0 Å². The summed E-state index contributed by atoms with van der Waals surface area (Å²) in [6, 6.07) is 12.4. The zero-order valence-electron chi connectivity index (χ0n) is 13.6. The second kappa shape index (κ2) is 7.31. The van der Waals surface area contributed by atoms with E-state index in [1.54, 1.807) is 56.8 Å². The Morgan fingerprint density at radius 2 is 1.68 bits per heavy atom. The minimum atomic E-state index is -0.421. The molecule has 0 saturated carbocycles. The largest absolute Gasteiger partial charge is 0.493 e. The van der Waals surface area contributed by atoms with Crippen molar-refractivity contribution in [1.82, 2.24) is 4.98 Å². The molecule has 0 aliphatic heterocycles. The van der Waals surface area contributed by atoms with E-state index in [1.165, 1.54) is 0 Å². The Bertz CT molecular complexity index is 913. The molecule has 128 valence electrons. The number of anilines is 1. The number of rotatable bonds is 5. The molecular formula is C18H16N2O4S. The fourth-order valence-electron chi connectivity index (χ4n) is 2.39. The highest BCUT2D eigenvalue weighted by Gasteiger charge is 2.11. The summed E-state index contributed by atoms with van der Waals surface area (Å²) in [4.78, 5) is 15.3. The van der Waals surface area contributed by atoms with E-state index in [1.807, 2.05) is 6.07 Å². The molecule has 0 atom stereocenters. The lowest BCUT2D eigenvalue weighted by atomic mass is 10.2. The van der Waals surface area contributed by atoms with E-state index < -0.39 is 5.24 Å². The number of benzene rings is 2. The van der Waals surface area contributed by atoms with E-state index >= 15 is 0 Å². The summed E-state index contributed by atoms with van der Waals surface area (Å²) in [5, 5.41) is 2.96. The van der Waals surface area contributed by atoms with Crippen LogP contribution in [0.15, 0.2) is 48.7 Å². The smallest absolute Gasteiger partial charge is 0.280 e. The van der Waals surface area contributed by atoms with E-state index in [0.717, 1.165) is 10.9 Å². The van der Waals surface area contributed by atoms with Crippen molar-refractivity contribution in [1.29, 1.82) is 0 Å². The first-order valence-electron chi connectivity index (χ1n) is 7.39. The number of carbonyl (C=O) groups excluding carboxylic acids is 1. The molecule has 1 heterocycles. The van der Waals surface area contributed by atoms with Crippen LogP contribution in [0.4, 0.5) is 10.5 Å².